The lowest BCUT2D eigenvalue weighted by molar-refractivity contribution is 0.374. The van der Waals surface area contributed by atoms with Gasteiger partial charge in [-0.05, 0) is 12.1 Å². The normalized spacial score (nSPS) is 12.2. The summed E-state index contributed by atoms with van der Waals surface area (Å²) in [5, 5.41) is 0. The first-order chi connectivity index (χ1) is 9.22. The van der Waals surface area contributed by atoms with Crippen LogP contribution < -0.4 is 20.7 Å². The molecule has 1 aromatic carbocycles. The number of benzene rings is 1. The van der Waals surface area contributed by atoms with Crippen LogP contribution >= 0.6 is 0 Å². The Morgan fingerprint density at radius 1 is 1.26 bits per heavy atom. The maximum absolute atomic E-state index is 5.70. The molecule has 2 aromatic rings. The number of nitrogens with two attached hydrogens (primary N) is 1. The predicted octanol–water partition coefficient (Wildman–Crippen LogP) is 0.990. The fourth-order valence-electron chi connectivity index (χ4n) is 2.11. The molecule has 1 unspecified atom stereocenters. The molecule has 1 atom stereocenters. The quantitative estimate of drug-likeness (QED) is 0.621. The minimum atomic E-state index is -0.314. The number of aryl methyl sites for hydroxylation is 1. The number of hydrogen-bond donors (Lipinski definition) is 2. The van der Waals surface area contributed by atoms with Crippen molar-refractivity contribution < 1.29 is 9.47 Å². The summed E-state index contributed by atoms with van der Waals surface area (Å²) < 4.78 is 12.7. The van der Waals surface area contributed by atoms with Crippen LogP contribution in [0.2, 0.25) is 0 Å². The molecule has 0 aliphatic rings. The summed E-state index contributed by atoms with van der Waals surface area (Å²) in [6.45, 7) is 0. The number of aromatic nitrogens is 2. The van der Waals surface area contributed by atoms with Gasteiger partial charge in [-0.25, -0.2) is 10.4 Å². The van der Waals surface area contributed by atoms with Crippen molar-refractivity contribution in [1.29, 1.82) is 0 Å². The molecule has 6 heteroatoms. The Morgan fingerprint density at radius 3 is 2.32 bits per heavy atom. The average Bonchev–Trinajstić information content (AvgIpc) is 2.86. The first-order valence-electron chi connectivity index (χ1n) is 5.87. The molecular formula is C13H18N4O2. The number of imidazole rings is 1. The summed E-state index contributed by atoms with van der Waals surface area (Å²) in [6, 6.07) is 5.29. The number of hydrazine groups is 1. The molecule has 0 fully saturated rings. The van der Waals surface area contributed by atoms with Crippen molar-refractivity contribution >= 4 is 0 Å². The topological polar surface area (TPSA) is 74.3 Å². The number of rotatable bonds is 5. The molecule has 102 valence electrons. The Morgan fingerprint density at radius 2 is 1.89 bits per heavy atom. The van der Waals surface area contributed by atoms with Gasteiger partial charge in [0.25, 0.3) is 0 Å². The molecule has 1 heterocycles. The smallest absolute Gasteiger partial charge is 0.131 e. The van der Waals surface area contributed by atoms with Crippen LogP contribution in [0.15, 0.2) is 30.6 Å². The van der Waals surface area contributed by atoms with E-state index in [0.717, 1.165) is 11.4 Å². The summed E-state index contributed by atoms with van der Waals surface area (Å²) >= 11 is 0. The summed E-state index contributed by atoms with van der Waals surface area (Å²) in [5.41, 5.74) is 3.59. The molecule has 0 aliphatic carbocycles. The minimum Gasteiger partial charge on any atom is -0.496 e. The maximum Gasteiger partial charge on any atom is 0.131 e. The van der Waals surface area contributed by atoms with Crippen LogP contribution in [-0.4, -0.2) is 23.8 Å². The highest BCUT2D eigenvalue weighted by Gasteiger charge is 2.24. The van der Waals surface area contributed by atoms with Crippen molar-refractivity contribution in [2.45, 2.75) is 6.04 Å². The second-order valence-electron chi connectivity index (χ2n) is 4.07. The molecule has 2 rings (SSSR count). The molecule has 0 saturated heterocycles. The number of hydrogen-bond acceptors (Lipinski definition) is 5. The zero-order valence-corrected chi connectivity index (χ0v) is 11.3. The third-order valence-electron chi connectivity index (χ3n) is 3.04. The monoisotopic (exact) mass is 262 g/mol. The van der Waals surface area contributed by atoms with Crippen LogP contribution in [0.4, 0.5) is 0 Å². The van der Waals surface area contributed by atoms with E-state index >= 15 is 0 Å². The van der Waals surface area contributed by atoms with Crippen LogP contribution in [-0.2, 0) is 7.05 Å². The van der Waals surface area contributed by atoms with Gasteiger partial charge in [-0.1, -0.05) is 6.07 Å². The molecule has 1 aromatic heterocycles. The van der Waals surface area contributed by atoms with Crippen LogP contribution in [0.5, 0.6) is 11.5 Å². The van der Waals surface area contributed by atoms with Crippen molar-refractivity contribution in [2.75, 3.05) is 14.2 Å². The summed E-state index contributed by atoms with van der Waals surface area (Å²) in [5.74, 6) is 7.88. The van der Waals surface area contributed by atoms with E-state index in [2.05, 4.69) is 10.4 Å². The third kappa shape index (κ3) is 2.40. The van der Waals surface area contributed by atoms with Gasteiger partial charge in [-0.3, -0.25) is 5.84 Å². The van der Waals surface area contributed by atoms with E-state index in [9.17, 15) is 0 Å². The van der Waals surface area contributed by atoms with E-state index in [1.54, 1.807) is 20.4 Å². The SMILES string of the molecule is COc1cccc(OC)c1C(NN)c1nccn1C. The molecular weight excluding hydrogens is 244 g/mol. The lowest BCUT2D eigenvalue weighted by Gasteiger charge is -2.21. The van der Waals surface area contributed by atoms with E-state index in [1.165, 1.54) is 0 Å². The maximum atomic E-state index is 5.70. The van der Waals surface area contributed by atoms with Gasteiger partial charge in [0, 0.05) is 19.4 Å². The van der Waals surface area contributed by atoms with Gasteiger partial charge in [0.05, 0.1) is 19.8 Å². The Kier molecular flexibility index (Phi) is 4.03. The highest BCUT2D eigenvalue weighted by atomic mass is 16.5. The number of ether oxygens (including phenoxy) is 2. The average molecular weight is 262 g/mol. The van der Waals surface area contributed by atoms with Crippen LogP contribution in [0.1, 0.15) is 17.4 Å². The molecule has 3 N–H and O–H groups in total. The lowest BCUT2D eigenvalue weighted by atomic mass is 10.0. The minimum absolute atomic E-state index is 0.314. The van der Waals surface area contributed by atoms with Crippen molar-refractivity contribution in [1.82, 2.24) is 15.0 Å². The summed E-state index contributed by atoms with van der Waals surface area (Å²) in [6.07, 6.45) is 3.59. The molecule has 6 nitrogen and oxygen atoms in total. The molecule has 19 heavy (non-hydrogen) atoms. The molecule has 0 bridgehead atoms. The van der Waals surface area contributed by atoms with Crippen molar-refractivity contribution in [3.63, 3.8) is 0 Å². The number of nitrogens with one attached hydrogen (secondary N) is 1. The highest BCUT2D eigenvalue weighted by molar-refractivity contribution is 5.49. The highest BCUT2D eigenvalue weighted by Crippen LogP contribution is 2.36. The zero-order valence-electron chi connectivity index (χ0n) is 11.3. The van der Waals surface area contributed by atoms with Crippen LogP contribution in [0.25, 0.3) is 0 Å². The molecule has 0 aliphatic heterocycles. The Labute approximate surface area is 112 Å². The van der Waals surface area contributed by atoms with E-state index in [1.807, 2.05) is 36.0 Å². The Balaban J connectivity index is 2.57. The summed E-state index contributed by atoms with van der Waals surface area (Å²) in [7, 11) is 5.14. The summed E-state index contributed by atoms with van der Waals surface area (Å²) in [4.78, 5) is 4.32. The largest absolute Gasteiger partial charge is 0.496 e. The van der Waals surface area contributed by atoms with Gasteiger partial charge in [0.2, 0.25) is 0 Å². The van der Waals surface area contributed by atoms with E-state index in [4.69, 9.17) is 15.3 Å². The van der Waals surface area contributed by atoms with Gasteiger partial charge < -0.3 is 14.0 Å². The Hall–Kier alpha value is -2.05. The molecule has 0 spiro atoms. The third-order valence-corrected chi connectivity index (χ3v) is 3.04. The number of nitrogens with zero attached hydrogens (tertiary/aromatic N) is 2. The van der Waals surface area contributed by atoms with Gasteiger partial charge in [-0.2, -0.15) is 0 Å². The second kappa shape index (κ2) is 5.73. The molecule has 0 amide bonds. The molecule has 0 saturated carbocycles. The zero-order chi connectivity index (χ0) is 13.8. The van der Waals surface area contributed by atoms with Gasteiger partial charge >= 0.3 is 0 Å². The Bertz CT molecular complexity index is 531. The van der Waals surface area contributed by atoms with Crippen molar-refractivity contribution in [2.24, 2.45) is 12.9 Å². The fraction of sp³-hybridized carbons (Fsp3) is 0.308. The lowest BCUT2D eigenvalue weighted by Crippen LogP contribution is -2.31. The van der Waals surface area contributed by atoms with Crippen LogP contribution in [0.3, 0.4) is 0 Å². The van der Waals surface area contributed by atoms with Crippen molar-refractivity contribution in [3.8, 4) is 11.5 Å². The van der Waals surface area contributed by atoms with Gasteiger partial charge in [0.1, 0.15) is 23.4 Å². The van der Waals surface area contributed by atoms with Crippen molar-refractivity contribution in [3.05, 3.63) is 42.0 Å². The second-order valence-corrected chi connectivity index (χ2v) is 4.07. The first-order valence-corrected chi connectivity index (χ1v) is 5.87. The number of methoxy groups -OCH3 is 2. The van der Waals surface area contributed by atoms with E-state index < -0.39 is 0 Å². The fourth-order valence-corrected chi connectivity index (χ4v) is 2.11. The van der Waals surface area contributed by atoms with E-state index in [-0.39, 0.29) is 6.04 Å². The standard InChI is InChI=1S/C13H18N4O2/c1-17-8-7-15-13(17)12(16-14)11-9(18-2)5-4-6-10(11)19-3/h4-8,12,16H,14H2,1-3H3. The first kappa shape index (κ1) is 13.4. The molecule has 0 radical (unpaired) electrons. The van der Waals surface area contributed by atoms with Gasteiger partial charge in [-0.15, -0.1) is 0 Å². The van der Waals surface area contributed by atoms with Gasteiger partial charge in [0.15, 0.2) is 0 Å². The van der Waals surface area contributed by atoms with Crippen LogP contribution in [0, 0.1) is 0 Å². The predicted molar refractivity (Wildman–Crippen MR) is 71.9 cm³/mol. The van der Waals surface area contributed by atoms with E-state index in [0.29, 0.717) is 11.5 Å².